The molecule has 0 N–H and O–H groups in total. The van der Waals surface area contributed by atoms with Crippen molar-refractivity contribution in [1.29, 1.82) is 0 Å². The van der Waals surface area contributed by atoms with Crippen LogP contribution in [0, 0.1) is 23.7 Å². The number of hydrazone groups is 1. The van der Waals surface area contributed by atoms with Gasteiger partial charge in [0.25, 0.3) is 11.8 Å². The molecular weight excluding hydrogens is 388 g/mol. The van der Waals surface area contributed by atoms with E-state index in [0.717, 1.165) is 11.4 Å². The number of methoxy groups -OCH3 is 1. The normalized spacial score (nSPS) is 27.7. The van der Waals surface area contributed by atoms with Crippen molar-refractivity contribution in [3.63, 3.8) is 0 Å². The van der Waals surface area contributed by atoms with Crippen LogP contribution in [0.25, 0.3) is 0 Å². The molecule has 4 atom stereocenters. The van der Waals surface area contributed by atoms with Crippen molar-refractivity contribution in [2.75, 3.05) is 13.7 Å². The highest BCUT2D eigenvalue weighted by Crippen LogP contribution is 2.52. The lowest BCUT2D eigenvalue weighted by atomic mass is 9.85. The summed E-state index contributed by atoms with van der Waals surface area (Å²) >= 11 is 6.14. The molecule has 2 fully saturated rings. The lowest BCUT2D eigenvalue weighted by Crippen LogP contribution is -2.29. The monoisotopic (exact) mass is 403 g/mol. The Hall–Kier alpha value is -2.87. The Bertz CT molecular complexity index is 897. The lowest BCUT2D eigenvalue weighted by Gasteiger charge is -2.14. The fraction of sp³-hybridized carbons (Fsp3) is 0.368. The van der Waals surface area contributed by atoms with E-state index >= 15 is 0 Å². The topological polar surface area (TPSA) is 108 Å². The number of nitrogens with zero attached hydrogens (tertiary/aromatic N) is 2. The van der Waals surface area contributed by atoms with Crippen molar-refractivity contribution in [2.24, 2.45) is 28.8 Å². The summed E-state index contributed by atoms with van der Waals surface area (Å²) in [5.41, 5.74) is 0.460. The van der Waals surface area contributed by atoms with E-state index in [1.807, 2.05) is 12.2 Å². The molecular formula is C19H16ClN2O6-. The van der Waals surface area contributed by atoms with E-state index in [1.165, 1.54) is 25.5 Å². The number of aliphatic carboxylic acids is 1. The van der Waals surface area contributed by atoms with Gasteiger partial charge in [-0.25, -0.2) is 0 Å². The Balaban J connectivity index is 1.55. The number of carboxylic acids is 1. The minimum Gasteiger partial charge on any atom is -0.546 e. The van der Waals surface area contributed by atoms with Gasteiger partial charge < -0.3 is 19.4 Å². The molecule has 2 aliphatic carbocycles. The van der Waals surface area contributed by atoms with Crippen LogP contribution in [-0.4, -0.2) is 42.7 Å². The lowest BCUT2D eigenvalue weighted by molar-refractivity contribution is -0.307. The molecule has 1 aromatic carbocycles. The van der Waals surface area contributed by atoms with E-state index in [0.29, 0.717) is 5.56 Å². The van der Waals surface area contributed by atoms with Gasteiger partial charge in [-0.15, -0.1) is 0 Å². The highest BCUT2D eigenvalue weighted by molar-refractivity contribution is 6.32. The molecule has 1 aromatic rings. The van der Waals surface area contributed by atoms with Gasteiger partial charge in [0.15, 0.2) is 11.5 Å². The average molecular weight is 404 g/mol. The SMILES string of the molecule is COc1cc(/C=N\N2C(=O)[C@@H]3[C@H](C2=O)[C@@H]2C=C[C@H]3C2)cc(Cl)c1OCC(=O)[O-]. The molecule has 2 amide bonds. The third-order valence-corrected chi connectivity index (χ3v) is 5.64. The van der Waals surface area contributed by atoms with Crippen LogP contribution in [-0.2, 0) is 14.4 Å². The van der Waals surface area contributed by atoms with Crippen molar-refractivity contribution >= 4 is 35.6 Å². The summed E-state index contributed by atoms with van der Waals surface area (Å²) in [5.74, 6) is -2.14. The van der Waals surface area contributed by atoms with Gasteiger partial charge in [0, 0.05) is 0 Å². The molecule has 28 heavy (non-hydrogen) atoms. The minimum atomic E-state index is -1.40. The third-order valence-electron chi connectivity index (χ3n) is 5.36. The van der Waals surface area contributed by atoms with Gasteiger partial charge in [-0.05, 0) is 36.0 Å². The fourth-order valence-electron chi connectivity index (χ4n) is 4.21. The molecule has 1 saturated carbocycles. The Morgan fingerprint density at radius 1 is 1.29 bits per heavy atom. The zero-order chi connectivity index (χ0) is 20.0. The summed E-state index contributed by atoms with van der Waals surface area (Å²) in [5, 5.41) is 15.7. The van der Waals surface area contributed by atoms with Gasteiger partial charge >= 0.3 is 0 Å². The smallest absolute Gasteiger partial charge is 0.254 e. The molecule has 0 spiro atoms. The maximum Gasteiger partial charge on any atom is 0.254 e. The van der Waals surface area contributed by atoms with Crippen molar-refractivity contribution in [3.8, 4) is 11.5 Å². The quantitative estimate of drug-likeness (QED) is 0.391. The first kappa shape index (κ1) is 18.5. The Labute approximate surface area is 165 Å². The van der Waals surface area contributed by atoms with Crippen LogP contribution in [0.1, 0.15) is 12.0 Å². The summed E-state index contributed by atoms with van der Waals surface area (Å²) < 4.78 is 10.2. The Morgan fingerprint density at radius 3 is 2.50 bits per heavy atom. The number of halogens is 1. The number of carbonyl (C=O) groups excluding carboxylic acids is 3. The van der Waals surface area contributed by atoms with Crippen LogP contribution in [0.2, 0.25) is 5.02 Å². The molecule has 0 radical (unpaired) electrons. The predicted octanol–water partition coefficient (Wildman–Crippen LogP) is 0.618. The molecule has 9 heteroatoms. The molecule has 146 valence electrons. The van der Waals surface area contributed by atoms with E-state index in [9.17, 15) is 19.5 Å². The van der Waals surface area contributed by atoms with Crippen molar-refractivity contribution in [1.82, 2.24) is 5.01 Å². The van der Waals surface area contributed by atoms with Crippen LogP contribution >= 0.6 is 11.6 Å². The van der Waals surface area contributed by atoms with E-state index < -0.39 is 12.6 Å². The molecule has 8 nitrogen and oxygen atoms in total. The highest BCUT2D eigenvalue weighted by atomic mass is 35.5. The third kappa shape index (κ3) is 2.93. The largest absolute Gasteiger partial charge is 0.546 e. The Morgan fingerprint density at radius 2 is 1.93 bits per heavy atom. The second-order valence-corrected chi connectivity index (χ2v) is 7.33. The van der Waals surface area contributed by atoms with Crippen LogP contribution in [0.15, 0.2) is 29.4 Å². The summed E-state index contributed by atoms with van der Waals surface area (Å²) in [6.07, 6.45) is 6.22. The number of rotatable bonds is 6. The average Bonchev–Trinajstić information content (AvgIpc) is 3.33. The molecule has 1 saturated heterocycles. The number of imide groups is 1. The number of ether oxygens (including phenoxy) is 2. The van der Waals surface area contributed by atoms with E-state index in [4.69, 9.17) is 21.1 Å². The molecule has 1 aliphatic heterocycles. The molecule has 4 rings (SSSR count). The second-order valence-electron chi connectivity index (χ2n) is 6.93. The summed E-state index contributed by atoms with van der Waals surface area (Å²) in [6, 6.07) is 2.98. The number of hydrogen-bond donors (Lipinski definition) is 0. The summed E-state index contributed by atoms with van der Waals surface area (Å²) in [4.78, 5) is 35.8. The van der Waals surface area contributed by atoms with Crippen molar-refractivity contribution in [3.05, 3.63) is 34.9 Å². The first-order chi connectivity index (χ1) is 13.4. The second kappa shape index (κ2) is 6.94. The number of amides is 2. The number of benzene rings is 1. The standard InChI is InChI=1S/C19H17ClN2O6/c1-27-13-5-9(4-12(20)17(13)28-8-14(23)24)7-21-22-18(25)15-10-2-3-11(6-10)16(15)19(22)26/h2-5,7,10-11,15-16H,6,8H2,1H3,(H,23,24)/p-1/b21-7-/t10-,11+,15-,16+. The number of carbonyl (C=O) groups is 3. The van der Waals surface area contributed by atoms with E-state index in [-0.39, 0.29) is 52.0 Å². The van der Waals surface area contributed by atoms with Gasteiger partial charge in [-0.1, -0.05) is 23.8 Å². The summed E-state index contributed by atoms with van der Waals surface area (Å²) in [7, 11) is 1.37. The number of fused-ring (bicyclic) bond motifs is 5. The highest BCUT2D eigenvalue weighted by Gasteiger charge is 2.59. The van der Waals surface area contributed by atoms with Crippen LogP contribution < -0.4 is 14.6 Å². The maximum atomic E-state index is 12.6. The molecule has 3 aliphatic rings. The number of carboxylic acid groups (broad SMARTS) is 1. The maximum absolute atomic E-state index is 12.6. The molecule has 0 unspecified atom stereocenters. The van der Waals surface area contributed by atoms with Crippen molar-refractivity contribution in [2.45, 2.75) is 6.42 Å². The predicted molar refractivity (Wildman–Crippen MR) is 95.7 cm³/mol. The van der Waals surface area contributed by atoms with Gasteiger partial charge in [0.1, 0.15) is 6.61 Å². The number of allylic oxidation sites excluding steroid dienone is 2. The zero-order valence-corrected chi connectivity index (χ0v) is 15.6. The van der Waals surface area contributed by atoms with E-state index in [2.05, 4.69) is 5.10 Å². The van der Waals surface area contributed by atoms with Gasteiger partial charge in [0.2, 0.25) is 0 Å². The first-order valence-electron chi connectivity index (χ1n) is 8.71. The molecule has 1 heterocycles. The van der Waals surface area contributed by atoms with Gasteiger partial charge in [-0.3, -0.25) is 9.59 Å². The fourth-order valence-corrected chi connectivity index (χ4v) is 4.48. The van der Waals surface area contributed by atoms with Crippen LogP contribution in [0.5, 0.6) is 11.5 Å². The van der Waals surface area contributed by atoms with Crippen molar-refractivity contribution < 1.29 is 29.0 Å². The molecule has 2 bridgehead atoms. The zero-order valence-electron chi connectivity index (χ0n) is 14.8. The van der Waals surface area contributed by atoms with Gasteiger partial charge in [0.05, 0.1) is 36.2 Å². The minimum absolute atomic E-state index is 0.0519. The van der Waals surface area contributed by atoms with E-state index in [1.54, 1.807) is 0 Å². The number of hydrogen-bond acceptors (Lipinski definition) is 7. The summed E-state index contributed by atoms with van der Waals surface area (Å²) in [6.45, 7) is -0.681. The Kier molecular flexibility index (Phi) is 4.58. The van der Waals surface area contributed by atoms with Crippen LogP contribution in [0.3, 0.4) is 0 Å². The first-order valence-corrected chi connectivity index (χ1v) is 9.08. The molecule has 0 aromatic heterocycles. The van der Waals surface area contributed by atoms with Crippen LogP contribution in [0.4, 0.5) is 0 Å². The van der Waals surface area contributed by atoms with Gasteiger partial charge in [-0.2, -0.15) is 10.1 Å².